The molecule has 0 aromatic heterocycles. The highest BCUT2D eigenvalue weighted by atomic mass is 32.2. The Labute approximate surface area is 160 Å². The Morgan fingerprint density at radius 3 is 2.18 bits per heavy atom. The van der Waals surface area contributed by atoms with E-state index < -0.39 is 34.0 Å². The van der Waals surface area contributed by atoms with Crippen LogP contribution in [-0.2, 0) is 21.2 Å². The number of hydrogen-bond acceptors (Lipinski definition) is 4. The molecule has 0 fully saturated rings. The fourth-order valence-corrected chi connectivity index (χ4v) is 4.05. The lowest BCUT2D eigenvalue weighted by Gasteiger charge is -2.23. The van der Waals surface area contributed by atoms with E-state index in [1.54, 1.807) is 6.07 Å². The molecule has 28 heavy (non-hydrogen) atoms. The van der Waals surface area contributed by atoms with Crippen LogP contribution in [0.4, 0.5) is 14.5 Å². The predicted octanol–water partition coefficient (Wildman–Crippen LogP) is 3.64. The molecule has 0 atom stereocenters. The molecule has 0 heterocycles. The van der Waals surface area contributed by atoms with Gasteiger partial charge in [0.15, 0.2) is 0 Å². The minimum absolute atomic E-state index is 0.0193. The number of carbonyl (C=O) groups excluding carboxylic acids is 1. The monoisotopic (exact) mass is 403 g/mol. The van der Waals surface area contributed by atoms with Gasteiger partial charge in [-0.25, -0.2) is 21.5 Å². The van der Waals surface area contributed by atoms with E-state index in [4.69, 9.17) is 0 Å². The molecule has 0 aliphatic rings. The zero-order valence-corrected chi connectivity index (χ0v) is 15.2. The van der Waals surface area contributed by atoms with E-state index in [1.165, 1.54) is 48.5 Å². The highest BCUT2D eigenvalue weighted by Crippen LogP contribution is 2.27. The average Bonchev–Trinajstić information content (AvgIpc) is 2.66. The summed E-state index contributed by atoms with van der Waals surface area (Å²) >= 11 is 0. The Bertz CT molecular complexity index is 1100. The second-order valence-electron chi connectivity index (χ2n) is 5.91. The normalized spacial score (nSPS) is 11.2. The van der Waals surface area contributed by atoms with Gasteiger partial charge in [0.05, 0.1) is 17.0 Å². The third-order valence-corrected chi connectivity index (χ3v) is 5.71. The molecular formula is C20H15F2NO4S. The molecule has 8 heteroatoms. The van der Waals surface area contributed by atoms with Gasteiger partial charge in [-0.05, 0) is 48.0 Å². The summed E-state index contributed by atoms with van der Waals surface area (Å²) < 4.78 is 53.8. The third kappa shape index (κ3) is 4.01. The van der Waals surface area contributed by atoms with Gasteiger partial charge in [0.1, 0.15) is 17.4 Å². The first kappa shape index (κ1) is 19.5. The number of nitrogens with zero attached hydrogens (tertiary/aromatic N) is 1. The molecule has 0 spiro atoms. The van der Waals surface area contributed by atoms with E-state index in [2.05, 4.69) is 0 Å². The molecule has 0 radical (unpaired) electrons. The number of benzene rings is 3. The molecule has 3 aromatic carbocycles. The molecule has 0 bridgehead atoms. The molecule has 144 valence electrons. The largest absolute Gasteiger partial charge is 0.508 e. The fraction of sp³-hybridized carbons (Fsp3) is 0.0500. The van der Waals surface area contributed by atoms with Crippen LogP contribution < -0.4 is 4.31 Å². The standard InChI is InChI=1S/C20H15F2NO4S/c21-15-7-6-14(19(22)13-15)12-20(25)23(16-8-10-17(24)11-9-16)28(26,27)18-4-2-1-3-5-18/h1-11,13,24H,12H2. The molecule has 5 nitrogen and oxygen atoms in total. The summed E-state index contributed by atoms with van der Waals surface area (Å²) in [6, 6.07) is 15.0. The van der Waals surface area contributed by atoms with Crippen molar-refractivity contribution >= 4 is 21.6 Å². The van der Waals surface area contributed by atoms with Crippen molar-refractivity contribution in [1.29, 1.82) is 0 Å². The summed E-state index contributed by atoms with van der Waals surface area (Å²) in [6.07, 6.45) is -0.598. The van der Waals surface area contributed by atoms with Crippen LogP contribution in [0.15, 0.2) is 77.7 Å². The van der Waals surface area contributed by atoms with Gasteiger partial charge in [-0.3, -0.25) is 4.79 Å². The third-order valence-electron chi connectivity index (χ3n) is 3.95. The van der Waals surface area contributed by atoms with Gasteiger partial charge in [0, 0.05) is 6.07 Å². The molecule has 3 aromatic rings. The minimum Gasteiger partial charge on any atom is -0.508 e. The zero-order chi connectivity index (χ0) is 20.3. The summed E-state index contributed by atoms with van der Waals surface area (Å²) in [5, 5.41) is 9.46. The van der Waals surface area contributed by atoms with E-state index >= 15 is 0 Å². The van der Waals surface area contributed by atoms with E-state index in [9.17, 15) is 27.1 Å². The predicted molar refractivity (Wildman–Crippen MR) is 99.3 cm³/mol. The number of rotatable bonds is 5. The summed E-state index contributed by atoms with van der Waals surface area (Å²) in [5.74, 6) is -2.80. The van der Waals surface area contributed by atoms with Gasteiger partial charge in [-0.15, -0.1) is 0 Å². The Morgan fingerprint density at radius 1 is 0.929 bits per heavy atom. The van der Waals surface area contributed by atoms with Crippen molar-refractivity contribution in [2.45, 2.75) is 11.3 Å². The maximum Gasteiger partial charge on any atom is 0.270 e. The van der Waals surface area contributed by atoms with Crippen molar-refractivity contribution in [3.8, 4) is 5.75 Å². The van der Waals surface area contributed by atoms with Crippen molar-refractivity contribution in [2.24, 2.45) is 0 Å². The molecule has 3 rings (SSSR count). The lowest BCUT2D eigenvalue weighted by molar-refractivity contribution is -0.116. The van der Waals surface area contributed by atoms with E-state index in [0.29, 0.717) is 10.4 Å². The highest BCUT2D eigenvalue weighted by Gasteiger charge is 2.31. The van der Waals surface area contributed by atoms with Gasteiger partial charge in [0.2, 0.25) is 5.91 Å². The van der Waals surface area contributed by atoms with Crippen LogP contribution in [0, 0.1) is 11.6 Å². The van der Waals surface area contributed by atoms with Gasteiger partial charge in [-0.2, -0.15) is 0 Å². The van der Waals surface area contributed by atoms with Crippen LogP contribution in [0.2, 0.25) is 0 Å². The van der Waals surface area contributed by atoms with Crippen molar-refractivity contribution < 1.29 is 27.1 Å². The Kier molecular flexibility index (Phi) is 5.41. The van der Waals surface area contributed by atoms with Crippen molar-refractivity contribution in [3.05, 3.63) is 90.0 Å². The molecule has 0 unspecified atom stereocenters. The summed E-state index contributed by atoms with van der Waals surface area (Å²) in [4.78, 5) is 12.8. The van der Waals surface area contributed by atoms with Gasteiger partial charge >= 0.3 is 0 Å². The molecule has 0 aliphatic heterocycles. The van der Waals surface area contributed by atoms with Crippen LogP contribution in [0.5, 0.6) is 5.75 Å². The quantitative estimate of drug-likeness (QED) is 0.706. The Balaban J connectivity index is 2.05. The number of hydrogen-bond donors (Lipinski definition) is 1. The Morgan fingerprint density at radius 2 is 1.57 bits per heavy atom. The summed E-state index contributed by atoms with van der Waals surface area (Å²) in [7, 11) is -4.30. The van der Waals surface area contributed by atoms with E-state index in [1.807, 2.05) is 0 Å². The number of anilines is 1. The van der Waals surface area contributed by atoms with E-state index in [-0.39, 0.29) is 21.9 Å². The minimum atomic E-state index is -4.30. The number of halogens is 2. The maximum absolute atomic E-state index is 14.0. The number of carbonyl (C=O) groups is 1. The molecule has 1 N–H and O–H groups in total. The lowest BCUT2D eigenvalue weighted by Crippen LogP contribution is -2.38. The SMILES string of the molecule is O=C(Cc1ccc(F)cc1F)N(c1ccc(O)cc1)S(=O)(=O)c1ccccc1. The zero-order valence-electron chi connectivity index (χ0n) is 14.4. The van der Waals surface area contributed by atoms with Crippen LogP contribution in [0.25, 0.3) is 0 Å². The highest BCUT2D eigenvalue weighted by molar-refractivity contribution is 7.93. The lowest BCUT2D eigenvalue weighted by atomic mass is 10.1. The van der Waals surface area contributed by atoms with E-state index in [0.717, 1.165) is 12.1 Å². The second kappa shape index (κ2) is 7.77. The first-order valence-electron chi connectivity index (χ1n) is 8.15. The number of phenols is 1. The first-order valence-corrected chi connectivity index (χ1v) is 9.59. The van der Waals surface area contributed by atoms with Crippen molar-refractivity contribution in [2.75, 3.05) is 4.31 Å². The van der Waals surface area contributed by atoms with Gasteiger partial charge in [-0.1, -0.05) is 24.3 Å². The second-order valence-corrected chi connectivity index (χ2v) is 7.69. The van der Waals surface area contributed by atoms with Crippen LogP contribution in [0.1, 0.15) is 5.56 Å². The number of aromatic hydroxyl groups is 1. The molecular weight excluding hydrogens is 388 g/mol. The number of amides is 1. The van der Waals surface area contributed by atoms with Crippen molar-refractivity contribution in [3.63, 3.8) is 0 Å². The molecule has 0 aliphatic carbocycles. The smallest absolute Gasteiger partial charge is 0.270 e. The van der Waals surface area contributed by atoms with Crippen LogP contribution in [-0.4, -0.2) is 19.4 Å². The number of phenolic OH excluding ortho intramolecular Hbond substituents is 1. The van der Waals surface area contributed by atoms with Crippen LogP contribution >= 0.6 is 0 Å². The Hall–Kier alpha value is -3.26. The topological polar surface area (TPSA) is 74.7 Å². The maximum atomic E-state index is 14.0. The van der Waals surface area contributed by atoms with Crippen LogP contribution in [0.3, 0.4) is 0 Å². The van der Waals surface area contributed by atoms with Gasteiger partial charge in [0.25, 0.3) is 10.0 Å². The average molecular weight is 403 g/mol. The molecule has 0 saturated heterocycles. The summed E-state index contributed by atoms with van der Waals surface area (Å²) in [6.45, 7) is 0. The molecule has 0 saturated carbocycles. The number of sulfonamides is 1. The fourth-order valence-electron chi connectivity index (χ4n) is 2.60. The van der Waals surface area contributed by atoms with Crippen molar-refractivity contribution in [1.82, 2.24) is 0 Å². The van der Waals surface area contributed by atoms with Gasteiger partial charge < -0.3 is 5.11 Å². The summed E-state index contributed by atoms with van der Waals surface area (Å²) in [5.41, 5.74) is -0.160. The first-order chi connectivity index (χ1) is 13.3. The molecule has 1 amide bonds.